The van der Waals surface area contributed by atoms with Crippen LogP contribution >= 0.6 is 0 Å². The number of benzene rings is 1. The van der Waals surface area contributed by atoms with E-state index in [-0.39, 0.29) is 23.6 Å². The van der Waals surface area contributed by atoms with Gasteiger partial charge in [0.25, 0.3) is 5.91 Å². The minimum Gasteiger partial charge on any atom is -0.370 e. The standard InChI is InChI=1S/C19H23F2N5O/c1-2-22-17-9-10-23-19(26-17)25-14-6-4-13(5-7-14)24-18(27)12-3-8-15(20)16(21)11-12/h3,8-11,13-14H,2,4-7H2,1H3,(H,24,27)(H2,22,23,25,26). The summed E-state index contributed by atoms with van der Waals surface area (Å²) in [5.41, 5.74) is 0.128. The van der Waals surface area contributed by atoms with Crippen LogP contribution in [-0.2, 0) is 0 Å². The molecule has 1 amide bonds. The normalized spacial score (nSPS) is 19.4. The van der Waals surface area contributed by atoms with Gasteiger partial charge in [-0.2, -0.15) is 4.98 Å². The molecule has 6 nitrogen and oxygen atoms in total. The number of hydrogen-bond acceptors (Lipinski definition) is 5. The summed E-state index contributed by atoms with van der Waals surface area (Å²) in [6.07, 6.45) is 5.01. The quantitative estimate of drug-likeness (QED) is 0.722. The lowest BCUT2D eigenvalue weighted by atomic mass is 9.91. The highest BCUT2D eigenvalue weighted by Crippen LogP contribution is 2.22. The lowest BCUT2D eigenvalue weighted by molar-refractivity contribution is 0.0926. The van der Waals surface area contributed by atoms with Crippen molar-refractivity contribution in [2.75, 3.05) is 17.2 Å². The van der Waals surface area contributed by atoms with Crippen molar-refractivity contribution in [1.29, 1.82) is 0 Å². The lowest BCUT2D eigenvalue weighted by Gasteiger charge is -2.29. The molecule has 27 heavy (non-hydrogen) atoms. The molecule has 1 aliphatic carbocycles. The molecule has 0 unspecified atom stereocenters. The molecule has 0 spiro atoms. The molecule has 3 N–H and O–H groups in total. The second-order valence-electron chi connectivity index (χ2n) is 6.59. The monoisotopic (exact) mass is 375 g/mol. The summed E-state index contributed by atoms with van der Waals surface area (Å²) in [5, 5.41) is 9.38. The number of amides is 1. The molecule has 8 heteroatoms. The second-order valence-corrected chi connectivity index (χ2v) is 6.59. The first kappa shape index (κ1) is 19.0. The van der Waals surface area contributed by atoms with Gasteiger partial charge in [0.05, 0.1) is 0 Å². The fourth-order valence-corrected chi connectivity index (χ4v) is 3.18. The molecule has 0 saturated heterocycles. The fourth-order valence-electron chi connectivity index (χ4n) is 3.18. The van der Waals surface area contributed by atoms with Crippen molar-refractivity contribution >= 4 is 17.7 Å². The highest BCUT2D eigenvalue weighted by molar-refractivity contribution is 5.94. The highest BCUT2D eigenvalue weighted by Gasteiger charge is 2.23. The summed E-state index contributed by atoms with van der Waals surface area (Å²) in [6.45, 7) is 2.80. The zero-order valence-corrected chi connectivity index (χ0v) is 15.1. The zero-order valence-electron chi connectivity index (χ0n) is 15.1. The molecule has 1 aromatic heterocycles. The first-order chi connectivity index (χ1) is 13.0. The first-order valence-electron chi connectivity index (χ1n) is 9.14. The molecule has 1 aliphatic rings. The number of hydrogen-bond donors (Lipinski definition) is 3. The molecule has 1 saturated carbocycles. The van der Waals surface area contributed by atoms with E-state index in [0.29, 0.717) is 5.95 Å². The lowest BCUT2D eigenvalue weighted by Crippen LogP contribution is -2.40. The highest BCUT2D eigenvalue weighted by atomic mass is 19.2. The van der Waals surface area contributed by atoms with E-state index in [1.165, 1.54) is 6.07 Å². The number of carbonyl (C=O) groups is 1. The Labute approximate surface area is 156 Å². The summed E-state index contributed by atoms with van der Waals surface area (Å²) < 4.78 is 26.3. The van der Waals surface area contributed by atoms with Crippen molar-refractivity contribution in [1.82, 2.24) is 15.3 Å². The van der Waals surface area contributed by atoms with Gasteiger partial charge in [-0.1, -0.05) is 0 Å². The molecule has 3 rings (SSSR count). The summed E-state index contributed by atoms with van der Waals surface area (Å²) in [7, 11) is 0. The van der Waals surface area contributed by atoms with Crippen molar-refractivity contribution in [3.63, 3.8) is 0 Å². The Kier molecular flexibility index (Phi) is 6.16. The number of anilines is 2. The minimum atomic E-state index is -1.02. The van der Waals surface area contributed by atoms with Crippen LogP contribution in [0.25, 0.3) is 0 Å². The van der Waals surface area contributed by atoms with Gasteiger partial charge in [-0.25, -0.2) is 13.8 Å². The molecular weight excluding hydrogens is 352 g/mol. The SMILES string of the molecule is CCNc1ccnc(NC2CCC(NC(=O)c3ccc(F)c(F)c3)CC2)n1. The Morgan fingerprint density at radius 1 is 1.11 bits per heavy atom. The van der Waals surface area contributed by atoms with E-state index in [0.717, 1.165) is 50.2 Å². The summed E-state index contributed by atoms with van der Waals surface area (Å²) in [5.74, 6) is -0.994. The number of nitrogens with zero attached hydrogens (tertiary/aromatic N) is 2. The average molecular weight is 375 g/mol. The number of aromatic nitrogens is 2. The van der Waals surface area contributed by atoms with E-state index in [2.05, 4.69) is 25.9 Å². The molecule has 0 aliphatic heterocycles. The van der Waals surface area contributed by atoms with Crippen LogP contribution in [0.2, 0.25) is 0 Å². The van der Waals surface area contributed by atoms with Crippen LogP contribution in [0.5, 0.6) is 0 Å². The van der Waals surface area contributed by atoms with Crippen LogP contribution in [0.4, 0.5) is 20.5 Å². The van der Waals surface area contributed by atoms with Gasteiger partial charge in [-0.3, -0.25) is 4.79 Å². The van der Waals surface area contributed by atoms with Gasteiger partial charge >= 0.3 is 0 Å². The number of halogens is 2. The van der Waals surface area contributed by atoms with Gasteiger partial charge < -0.3 is 16.0 Å². The third kappa shape index (κ3) is 5.12. The van der Waals surface area contributed by atoms with Crippen LogP contribution < -0.4 is 16.0 Å². The van der Waals surface area contributed by atoms with Crippen LogP contribution in [0.15, 0.2) is 30.5 Å². The van der Waals surface area contributed by atoms with Crippen molar-refractivity contribution in [2.45, 2.75) is 44.7 Å². The smallest absolute Gasteiger partial charge is 0.251 e. The Morgan fingerprint density at radius 2 is 1.85 bits per heavy atom. The van der Waals surface area contributed by atoms with Gasteiger partial charge in [0.1, 0.15) is 5.82 Å². The Hall–Kier alpha value is -2.77. The topological polar surface area (TPSA) is 78.9 Å². The summed E-state index contributed by atoms with van der Waals surface area (Å²) >= 11 is 0. The molecule has 0 bridgehead atoms. The Balaban J connectivity index is 1.49. The zero-order chi connectivity index (χ0) is 19.2. The molecule has 0 radical (unpaired) electrons. The molecule has 1 fully saturated rings. The van der Waals surface area contributed by atoms with Crippen LogP contribution in [0.3, 0.4) is 0 Å². The van der Waals surface area contributed by atoms with E-state index in [1.807, 2.05) is 13.0 Å². The van der Waals surface area contributed by atoms with Crippen LogP contribution in [0, 0.1) is 11.6 Å². The average Bonchev–Trinajstić information content (AvgIpc) is 2.66. The van der Waals surface area contributed by atoms with E-state index in [9.17, 15) is 13.6 Å². The summed E-state index contributed by atoms with van der Waals surface area (Å²) in [6, 6.07) is 5.24. The number of carbonyl (C=O) groups excluding carboxylic acids is 1. The van der Waals surface area contributed by atoms with Crippen molar-refractivity contribution < 1.29 is 13.6 Å². The van der Waals surface area contributed by atoms with Crippen molar-refractivity contribution in [2.24, 2.45) is 0 Å². The number of rotatable bonds is 6. The van der Waals surface area contributed by atoms with Gasteiger partial charge in [0, 0.05) is 30.4 Å². The van der Waals surface area contributed by atoms with Gasteiger partial charge in [0.2, 0.25) is 5.95 Å². The molecular formula is C19H23F2N5O. The predicted octanol–water partition coefficient (Wildman–Crippen LogP) is 3.34. The predicted molar refractivity (Wildman–Crippen MR) is 99.7 cm³/mol. The Bertz CT molecular complexity index is 793. The largest absolute Gasteiger partial charge is 0.370 e. The molecule has 144 valence electrons. The summed E-state index contributed by atoms with van der Waals surface area (Å²) in [4.78, 5) is 20.9. The van der Waals surface area contributed by atoms with E-state index >= 15 is 0 Å². The van der Waals surface area contributed by atoms with E-state index in [1.54, 1.807) is 6.20 Å². The van der Waals surface area contributed by atoms with Crippen LogP contribution in [0.1, 0.15) is 43.0 Å². The van der Waals surface area contributed by atoms with E-state index < -0.39 is 11.6 Å². The van der Waals surface area contributed by atoms with Gasteiger partial charge in [0.15, 0.2) is 11.6 Å². The Morgan fingerprint density at radius 3 is 2.56 bits per heavy atom. The van der Waals surface area contributed by atoms with Crippen molar-refractivity contribution in [3.05, 3.63) is 47.7 Å². The maximum Gasteiger partial charge on any atom is 0.251 e. The minimum absolute atomic E-state index is 0.0117. The van der Waals surface area contributed by atoms with E-state index in [4.69, 9.17) is 0 Å². The third-order valence-corrected chi connectivity index (χ3v) is 4.59. The second kappa shape index (κ2) is 8.75. The maximum absolute atomic E-state index is 13.3. The fraction of sp³-hybridized carbons (Fsp3) is 0.421. The molecule has 2 aromatic rings. The van der Waals surface area contributed by atoms with Gasteiger partial charge in [-0.15, -0.1) is 0 Å². The first-order valence-corrected chi connectivity index (χ1v) is 9.14. The molecule has 1 heterocycles. The van der Waals surface area contributed by atoms with Crippen molar-refractivity contribution in [3.8, 4) is 0 Å². The maximum atomic E-state index is 13.3. The van der Waals surface area contributed by atoms with Crippen LogP contribution in [-0.4, -0.2) is 34.5 Å². The number of nitrogens with one attached hydrogen (secondary N) is 3. The van der Waals surface area contributed by atoms with Gasteiger partial charge in [-0.05, 0) is 56.9 Å². The molecule has 0 atom stereocenters. The molecule has 1 aromatic carbocycles. The third-order valence-electron chi connectivity index (χ3n) is 4.59.